The predicted molar refractivity (Wildman–Crippen MR) is 64.7 cm³/mol. The third kappa shape index (κ3) is 3.51. The number of carbonyl (C=O) groups is 1. The lowest BCUT2D eigenvalue weighted by Gasteiger charge is -2.20. The van der Waals surface area contributed by atoms with E-state index in [0.717, 1.165) is 0 Å². The number of amides is 1. The number of benzene rings is 1. The van der Waals surface area contributed by atoms with Gasteiger partial charge in [-0.1, -0.05) is 11.6 Å². The Morgan fingerprint density at radius 3 is 2.50 bits per heavy atom. The Hall–Kier alpha value is -1.06. The molecule has 1 N–H and O–H groups in total. The first-order chi connectivity index (χ1) is 7.69. The third-order valence-corrected chi connectivity index (χ3v) is 2.60. The SMILES string of the molecule is CCN(CCCO)C(=O)c1ccc(Cl)cc1. The highest BCUT2D eigenvalue weighted by atomic mass is 35.5. The number of rotatable bonds is 5. The summed E-state index contributed by atoms with van der Waals surface area (Å²) in [4.78, 5) is 13.7. The molecule has 16 heavy (non-hydrogen) atoms. The first kappa shape index (κ1) is 13.0. The molecule has 1 aromatic rings. The summed E-state index contributed by atoms with van der Waals surface area (Å²) in [5.74, 6) is -0.0207. The van der Waals surface area contributed by atoms with Crippen LogP contribution < -0.4 is 0 Å². The maximum Gasteiger partial charge on any atom is 0.253 e. The zero-order valence-corrected chi connectivity index (χ0v) is 10.1. The average Bonchev–Trinajstić information content (AvgIpc) is 2.30. The van der Waals surface area contributed by atoms with Gasteiger partial charge in [0, 0.05) is 30.3 Å². The standard InChI is InChI=1S/C12H16ClNO2/c1-2-14(8-3-9-15)12(16)10-4-6-11(13)7-5-10/h4-7,15H,2-3,8-9H2,1H3. The highest BCUT2D eigenvalue weighted by Gasteiger charge is 2.12. The van der Waals surface area contributed by atoms with Crippen LogP contribution in [0.15, 0.2) is 24.3 Å². The van der Waals surface area contributed by atoms with Gasteiger partial charge < -0.3 is 10.0 Å². The summed E-state index contributed by atoms with van der Waals surface area (Å²) in [6.45, 7) is 3.24. The zero-order valence-electron chi connectivity index (χ0n) is 9.32. The fourth-order valence-corrected chi connectivity index (χ4v) is 1.57. The number of aliphatic hydroxyl groups is 1. The Balaban J connectivity index is 2.70. The molecule has 0 aliphatic heterocycles. The van der Waals surface area contributed by atoms with Gasteiger partial charge in [-0.3, -0.25) is 4.79 Å². The van der Waals surface area contributed by atoms with Crippen LogP contribution in [-0.4, -0.2) is 35.6 Å². The van der Waals surface area contributed by atoms with E-state index in [-0.39, 0.29) is 12.5 Å². The molecule has 0 unspecified atom stereocenters. The fraction of sp³-hybridized carbons (Fsp3) is 0.417. The van der Waals surface area contributed by atoms with Crippen LogP contribution in [0, 0.1) is 0 Å². The Kier molecular flexibility index (Phi) is 5.29. The van der Waals surface area contributed by atoms with Gasteiger partial charge in [-0.15, -0.1) is 0 Å². The summed E-state index contributed by atoms with van der Waals surface area (Å²) in [5.41, 5.74) is 0.629. The second kappa shape index (κ2) is 6.51. The third-order valence-electron chi connectivity index (χ3n) is 2.35. The molecule has 1 rings (SSSR count). The quantitative estimate of drug-likeness (QED) is 0.859. The van der Waals surface area contributed by atoms with E-state index in [4.69, 9.17) is 16.7 Å². The number of aliphatic hydroxyl groups excluding tert-OH is 1. The van der Waals surface area contributed by atoms with Gasteiger partial charge in [0.1, 0.15) is 0 Å². The van der Waals surface area contributed by atoms with Crippen LogP contribution in [0.1, 0.15) is 23.7 Å². The van der Waals surface area contributed by atoms with Gasteiger partial charge in [-0.25, -0.2) is 0 Å². The first-order valence-corrected chi connectivity index (χ1v) is 5.72. The molecule has 3 nitrogen and oxygen atoms in total. The molecular formula is C12H16ClNO2. The van der Waals surface area contributed by atoms with Crippen LogP contribution in [0.2, 0.25) is 5.02 Å². The van der Waals surface area contributed by atoms with Crippen LogP contribution in [0.4, 0.5) is 0 Å². The maximum atomic E-state index is 12.0. The Labute approximate surface area is 101 Å². The van der Waals surface area contributed by atoms with E-state index in [0.29, 0.717) is 30.1 Å². The summed E-state index contributed by atoms with van der Waals surface area (Å²) >= 11 is 5.76. The van der Waals surface area contributed by atoms with Crippen molar-refractivity contribution in [3.63, 3.8) is 0 Å². The van der Waals surface area contributed by atoms with Crippen LogP contribution in [0.25, 0.3) is 0 Å². The summed E-state index contributed by atoms with van der Waals surface area (Å²) in [7, 11) is 0. The molecule has 1 amide bonds. The molecular weight excluding hydrogens is 226 g/mol. The fourth-order valence-electron chi connectivity index (χ4n) is 1.44. The molecule has 0 aromatic heterocycles. The van der Waals surface area contributed by atoms with E-state index in [1.165, 1.54) is 0 Å². The van der Waals surface area contributed by atoms with E-state index >= 15 is 0 Å². The van der Waals surface area contributed by atoms with Gasteiger partial charge in [-0.2, -0.15) is 0 Å². The maximum absolute atomic E-state index is 12.0. The minimum Gasteiger partial charge on any atom is -0.396 e. The minimum atomic E-state index is -0.0207. The number of hydrogen-bond acceptors (Lipinski definition) is 2. The number of carbonyl (C=O) groups excluding carboxylic acids is 1. The number of nitrogens with zero attached hydrogens (tertiary/aromatic N) is 1. The lowest BCUT2D eigenvalue weighted by atomic mass is 10.2. The van der Waals surface area contributed by atoms with Crippen molar-refractivity contribution in [1.82, 2.24) is 4.90 Å². The van der Waals surface area contributed by atoms with Crippen molar-refractivity contribution in [2.45, 2.75) is 13.3 Å². The monoisotopic (exact) mass is 241 g/mol. The van der Waals surface area contributed by atoms with E-state index in [9.17, 15) is 4.79 Å². The Bertz CT molecular complexity index is 337. The van der Waals surface area contributed by atoms with Gasteiger partial charge in [0.2, 0.25) is 0 Å². The summed E-state index contributed by atoms with van der Waals surface area (Å²) in [5, 5.41) is 9.36. The van der Waals surface area contributed by atoms with Gasteiger partial charge >= 0.3 is 0 Å². The minimum absolute atomic E-state index is 0.0207. The van der Waals surface area contributed by atoms with Crippen molar-refractivity contribution in [2.75, 3.05) is 19.7 Å². The second-order valence-electron chi connectivity index (χ2n) is 3.47. The predicted octanol–water partition coefficient (Wildman–Crippen LogP) is 2.18. The number of hydrogen-bond donors (Lipinski definition) is 1. The van der Waals surface area contributed by atoms with E-state index < -0.39 is 0 Å². The van der Waals surface area contributed by atoms with Crippen LogP contribution in [0.3, 0.4) is 0 Å². The van der Waals surface area contributed by atoms with E-state index in [1.54, 1.807) is 29.2 Å². The number of halogens is 1. The van der Waals surface area contributed by atoms with Crippen molar-refractivity contribution < 1.29 is 9.90 Å². The van der Waals surface area contributed by atoms with Crippen LogP contribution in [0.5, 0.6) is 0 Å². The molecule has 0 bridgehead atoms. The molecule has 0 fully saturated rings. The van der Waals surface area contributed by atoms with Gasteiger partial charge in [-0.05, 0) is 37.6 Å². The van der Waals surface area contributed by atoms with Gasteiger partial charge in [0.15, 0.2) is 0 Å². The molecule has 1 aromatic carbocycles. The molecule has 0 aliphatic carbocycles. The molecule has 0 heterocycles. The lowest BCUT2D eigenvalue weighted by molar-refractivity contribution is 0.0754. The highest BCUT2D eigenvalue weighted by molar-refractivity contribution is 6.30. The second-order valence-corrected chi connectivity index (χ2v) is 3.91. The molecule has 0 aliphatic rings. The molecule has 0 atom stereocenters. The zero-order chi connectivity index (χ0) is 12.0. The first-order valence-electron chi connectivity index (χ1n) is 5.34. The molecule has 4 heteroatoms. The highest BCUT2D eigenvalue weighted by Crippen LogP contribution is 2.11. The van der Waals surface area contributed by atoms with E-state index in [2.05, 4.69) is 0 Å². The van der Waals surface area contributed by atoms with Crippen molar-refractivity contribution in [1.29, 1.82) is 0 Å². The van der Waals surface area contributed by atoms with Gasteiger partial charge in [0.05, 0.1) is 0 Å². The van der Waals surface area contributed by atoms with Crippen LogP contribution >= 0.6 is 11.6 Å². The topological polar surface area (TPSA) is 40.5 Å². The normalized spacial score (nSPS) is 10.2. The molecule has 0 spiro atoms. The Morgan fingerprint density at radius 1 is 1.38 bits per heavy atom. The molecule has 0 radical (unpaired) electrons. The smallest absolute Gasteiger partial charge is 0.253 e. The van der Waals surface area contributed by atoms with E-state index in [1.807, 2.05) is 6.92 Å². The molecule has 88 valence electrons. The van der Waals surface area contributed by atoms with Gasteiger partial charge in [0.25, 0.3) is 5.91 Å². The van der Waals surface area contributed by atoms with Crippen molar-refractivity contribution in [2.24, 2.45) is 0 Å². The summed E-state index contributed by atoms with van der Waals surface area (Å²) in [6.07, 6.45) is 0.604. The largest absolute Gasteiger partial charge is 0.396 e. The van der Waals surface area contributed by atoms with Crippen molar-refractivity contribution in [3.8, 4) is 0 Å². The van der Waals surface area contributed by atoms with Crippen LogP contribution in [-0.2, 0) is 0 Å². The summed E-state index contributed by atoms with van der Waals surface area (Å²) < 4.78 is 0. The lowest BCUT2D eigenvalue weighted by Crippen LogP contribution is -2.32. The average molecular weight is 242 g/mol. The molecule has 0 saturated heterocycles. The van der Waals surface area contributed by atoms with Crippen molar-refractivity contribution in [3.05, 3.63) is 34.9 Å². The van der Waals surface area contributed by atoms with Crippen molar-refractivity contribution >= 4 is 17.5 Å². The molecule has 0 saturated carbocycles. The Morgan fingerprint density at radius 2 is 2.00 bits per heavy atom. The summed E-state index contributed by atoms with van der Waals surface area (Å²) in [6, 6.07) is 6.84.